The van der Waals surface area contributed by atoms with E-state index in [-0.39, 0.29) is 6.04 Å². The average molecular weight is 448 g/mol. The Balaban J connectivity index is 2.25. The minimum Gasteiger partial charge on any atom is -0.324 e. The molecule has 19 heavy (non-hydrogen) atoms. The molecule has 4 heteroatoms. The minimum atomic E-state index is -0.0272. The predicted octanol–water partition coefficient (Wildman–Crippen LogP) is 5.53. The Hall–Kier alpha value is -0.160. The molecule has 1 nitrogen and oxygen atoms in total. The van der Waals surface area contributed by atoms with E-state index < -0.39 is 0 Å². The Labute approximate surface area is 139 Å². The van der Waals surface area contributed by atoms with Gasteiger partial charge in [0.05, 0.1) is 0 Å². The number of aryl methyl sites for hydroxylation is 1. The van der Waals surface area contributed by atoms with Crippen molar-refractivity contribution < 1.29 is 0 Å². The van der Waals surface area contributed by atoms with Crippen LogP contribution in [0.4, 0.5) is 0 Å². The van der Waals surface area contributed by atoms with Crippen molar-refractivity contribution in [1.29, 1.82) is 0 Å². The second-order valence-corrected chi connectivity index (χ2v) is 7.19. The number of nitrogens with two attached hydrogens (primary N) is 1. The molecule has 2 N–H and O–H groups in total. The fourth-order valence-corrected chi connectivity index (χ4v) is 3.53. The molecule has 2 aromatic rings. The van der Waals surface area contributed by atoms with Crippen LogP contribution in [0.15, 0.2) is 49.8 Å². The third-order valence-electron chi connectivity index (χ3n) is 3.02. The maximum atomic E-state index is 6.33. The van der Waals surface area contributed by atoms with E-state index in [1.54, 1.807) is 0 Å². The fraction of sp³-hybridized carbons (Fsp3) is 0.200. The highest BCUT2D eigenvalue weighted by Crippen LogP contribution is 2.30. The van der Waals surface area contributed by atoms with Crippen molar-refractivity contribution in [3.05, 3.63) is 66.5 Å². The van der Waals surface area contributed by atoms with E-state index in [2.05, 4.69) is 79.0 Å². The summed E-state index contributed by atoms with van der Waals surface area (Å²) in [5, 5.41) is 0. The van der Waals surface area contributed by atoms with Gasteiger partial charge < -0.3 is 5.73 Å². The number of hydrogen-bond acceptors (Lipinski definition) is 1. The van der Waals surface area contributed by atoms with Gasteiger partial charge in [0.25, 0.3) is 0 Å². The molecular formula is C15H14Br3N. The van der Waals surface area contributed by atoms with E-state index in [9.17, 15) is 0 Å². The van der Waals surface area contributed by atoms with Gasteiger partial charge in [-0.15, -0.1) is 0 Å². The number of hydrogen-bond donors (Lipinski definition) is 1. The predicted molar refractivity (Wildman–Crippen MR) is 91.4 cm³/mol. The van der Waals surface area contributed by atoms with Gasteiger partial charge in [-0.1, -0.05) is 59.9 Å². The molecule has 0 aliphatic rings. The molecular weight excluding hydrogens is 434 g/mol. The molecule has 0 fully saturated rings. The Morgan fingerprint density at radius 1 is 1.05 bits per heavy atom. The summed E-state index contributed by atoms with van der Waals surface area (Å²) < 4.78 is 3.24. The quantitative estimate of drug-likeness (QED) is 0.658. The molecule has 0 bridgehead atoms. The summed E-state index contributed by atoms with van der Waals surface area (Å²) in [4.78, 5) is 0. The van der Waals surface area contributed by atoms with Crippen LogP contribution in [0.5, 0.6) is 0 Å². The first-order valence-electron chi connectivity index (χ1n) is 5.93. The Morgan fingerprint density at radius 2 is 1.79 bits per heavy atom. The maximum Gasteiger partial charge on any atom is 0.0347 e. The number of halogens is 3. The highest BCUT2D eigenvalue weighted by Gasteiger charge is 2.12. The van der Waals surface area contributed by atoms with Crippen molar-refractivity contribution in [2.75, 3.05) is 0 Å². The van der Waals surface area contributed by atoms with Gasteiger partial charge in [0.1, 0.15) is 0 Å². The van der Waals surface area contributed by atoms with Crippen LogP contribution >= 0.6 is 47.8 Å². The zero-order chi connectivity index (χ0) is 14.0. The summed E-state index contributed by atoms with van der Waals surface area (Å²) in [6, 6.07) is 12.4. The van der Waals surface area contributed by atoms with Crippen molar-refractivity contribution in [3.63, 3.8) is 0 Å². The van der Waals surface area contributed by atoms with Crippen LogP contribution in [-0.2, 0) is 6.42 Å². The van der Waals surface area contributed by atoms with Gasteiger partial charge in [-0.05, 0) is 54.3 Å². The summed E-state index contributed by atoms with van der Waals surface area (Å²) in [5.41, 5.74) is 9.88. The second kappa shape index (κ2) is 6.53. The van der Waals surface area contributed by atoms with Crippen LogP contribution in [0.2, 0.25) is 0 Å². The third kappa shape index (κ3) is 3.91. The molecule has 0 amide bonds. The molecule has 1 atom stereocenters. The molecule has 0 radical (unpaired) electrons. The Kier molecular flexibility index (Phi) is 5.23. The summed E-state index contributed by atoms with van der Waals surface area (Å²) in [7, 11) is 0. The van der Waals surface area contributed by atoms with Gasteiger partial charge in [-0.25, -0.2) is 0 Å². The van der Waals surface area contributed by atoms with Gasteiger partial charge in [-0.3, -0.25) is 0 Å². The first-order valence-corrected chi connectivity index (χ1v) is 8.31. The first kappa shape index (κ1) is 15.2. The van der Waals surface area contributed by atoms with E-state index in [4.69, 9.17) is 5.73 Å². The van der Waals surface area contributed by atoms with E-state index in [0.717, 1.165) is 25.4 Å². The van der Waals surface area contributed by atoms with Crippen LogP contribution in [-0.4, -0.2) is 0 Å². The molecule has 0 aromatic heterocycles. The molecule has 0 saturated carbocycles. The fourth-order valence-electron chi connectivity index (χ4n) is 1.97. The molecule has 2 aromatic carbocycles. The van der Waals surface area contributed by atoms with E-state index in [0.29, 0.717) is 0 Å². The summed E-state index contributed by atoms with van der Waals surface area (Å²) in [5.74, 6) is 0. The molecule has 0 aliphatic heterocycles. The molecule has 1 unspecified atom stereocenters. The van der Waals surface area contributed by atoms with E-state index >= 15 is 0 Å². The van der Waals surface area contributed by atoms with Crippen LogP contribution in [0.25, 0.3) is 0 Å². The zero-order valence-corrected chi connectivity index (χ0v) is 15.2. The van der Waals surface area contributed by atoms with Gasteiger partial charge in [0.15, 0.2) is 0 Å². The number of benzene rings is 2. The maximum absolute atomic E-state index is 6.33. The van der Waals surface area contributed by atoms with Crippen LogP contribution in [0, 0.1) is 6.92 Å². The molecule has 0 saturated heterocycles. The smallest absolute Gasteiger partial charge is 0.0347 e. The number of rotatable bonds is 3. The summed E-state index contributed by atoms with van der Waals surface area (Å²) >= 11 is 10.6. The van der Waals surface area contributed by atoms with Crippen molar-refractivity contribution in [2.24, 2.45) is 5.73 Å². The monoisotopic (exact) mass is 445 g/mol. The van der Waals surface area contributed by atoms with Gasteiger partial charge in [0, 0.05) is 19.5 Å². The van der Waals surface area contributed by atoms with Crippen molar-refractivity contribution in [3.8, 4) is 0 Å². The highest BCUT2D eigenvalue weighted by atomic mass is 79.9. The molecule has 0 spiro atoms. The lowest BCUT2D eigenvalue weighted by atomic mass is 9.99. The molecule has 0 heterocycles. The molecule has 2 rings (SSSR count). The lowest BCUT2D eigenvalue weighted by Crippen LogP contribution is -2.14. The van der Waals surface area contributed by atoms with Crippen molar-refractivity contribution in [2.45, 2.75) is 19.4 Å². The third-order valence-corrected chi connectivity index (χ3v) is 5.06. The largest absolute Gasteiger partial charge is 0.324 e. The summed E-state index contributed by atoms with van der Waals surface area (Å²) in [6.07, 6.45) is 0.813. The topological polar surface area (TPSA) is 26.0 Å². The average Bonchev–Trinajstić information content (AvgIpc) is 2.33. The van der Waals surface area contributed by atoms with Crippen molar-refractivity contribution in [1.82, 2.24) is 0 Å². The second-order valence-electron chi connectivity index (χ2n) is 4.56. The standard InChI is InChI=1S/C15H14Br3N/c1-9-5-14(18)12(8-13(9)17)15(19)7-10-3-2-4-11(16)6-10/h2-6,8,15H,7,19H2,1H3. The van der Waals surface area contributed by atoms with Crippen LogP contribution in [0.3, 0.4) is 0 Å². The Bertz CT molecular complexity index is 596. The summed E-state index contributed by atoms with van der Waals surface area (Å²) in [6.45, 7) is 2.07. The van der Waals surface area contributed by atoms with E-state index in [1.807, 2.05) is 12.1 Å². The first-order chi connectivity index (χ1) is 8.97. The lowest BCUT2D eigenvalue weighted by Gasteiger charge is -2.16. The van der Waals surface area contributed by atoms with Gasteiger partial charge in [0.2, 0.25) is 0 Å². The van der Waals surface area contributed by atoms with Crippen LogP contribution in [0.1, 0.15) is 22.7 Å². The molecule has 100 valence electrons. The normalized spacial score (nSPS) is 12.5. The zero-order valence-electron chi connectivity index (χ0n) is 10.5. The molecule has 0 aliphatic carbocycles. The van der Waals surface area contributed by atoms with Crippen LogP contribution < -0.4 is 5.73 Å². The van der Waals surface area contributed by atoms with Gasteiger partial charge >= 0.3 is 0 Å². The SMILES string of the molecule is Cc1cc(Br)c(C(N)Cc2cccc(Br)c2)cc1Br. The highest BCUT2D eigenvalue weighted by molar-refractivity contribution is 9.11. The minimum absolute atomic E-state index is 0.0272. The Morgan fingerprint density at radius 3 is 2.47 bits per heavy atom. The van der Waals surface area contributed by atoms with E-state index in [1.165, 1.54) is 11.1 Å². The van der Waals surface area contributed by atoms with Crippen molar-refractivity contribution >= 4 is 47.8 Å². The lowest BCUT2D eigenvalue weighted by molar-refractivity contribution is 0.717. The van der Waals surface area contributed by atoms with Gasteiger partial charge in [-0.2, -0.15) is 0 Å².